The zero-order valence-electron chi connectivity index (χ0n) is 20.0. The van der Waals surface area contributed by atoms with E-state index in [4.69, 9.17) is 14.2 Å². The van der Waals surface area contributed by atoms with E-state index in [1.54, 1.807) is 56.8 Å². The number of benzene rings is 3. The van der Waals surface area contributed by atoms with Crippen LogP contribution in [-0.2, 0) is 4.79 Å². The summed E-state index contributed by atoms with van der Waals surface area (Å²) in [5, 5.41) is 7.03. The fourth-order valence-electron chi connectivity index (χ4n) is 4.01. The van der Waals surface area contributed by atoms with Crippen molar-refractivity contribution >= 4 is 28.2 Å². The third kappa shape index (κ3) is 4.88. The first-order valence-corrected chi connectivity index (χ1v) is 11.6. The van der Waals surface area contributed by atoms with Crippen LogP contribution in [0.25, 0.3) is 10.9 Å². The average Bonchev–Trinajstić information content (AvgIpc) is 3.70. The van der Waals surface area contributed by atoms with Crippen molar-refractivity contribution in [2.45, 2.75) is 12.8 Å². The van der Waals surface area contributed by atoms with Crippen LogP contribution in [0.2, 0.25) is 0 Å². The molecule has 4 aromatic rings. The summed E-state index contributed by atoms with van der Waals surface area (Å²) in [5.41, 5.74) is 1.74. The molecule has 1 amide bonds. The van der Waals surface area contributed by atoms with E-state index in [0.717, 1.165) is 29.4 Å². The Kier molecular flexibility index (Phi) is 6.33. The lowest BCUT2D eigenvalue weighted by Crippen LogP contribution is -2.30. The normalized spacial score (nSPS) is 13.6. The lowest BCUT2D eigenvalue weighted by atomic mass is 10.1. The molecule has 1 heterocycles. The van der Waals surface area contributed by atoms with Gasteiger partial charge >= 0.3 is 0 Å². The minimum absolute atomic E-state index is 0.0352. The Hall–Kier alpha value is -4.33. The van der Waals surface area contributed by atoms with E-state index in [0.29, 0.717) is 35.2 Å². The molecule has 0 radical (unpaired) electrons. The molecule has 0 aliphatic heterocycles. The smallest absolute Gasteiger partial charge is 0.232 e. The van der Waals surface area contributed by atoms with Crippen molar-refractivity contribution in [3.05, 3.63) is 78.7 Å². The van der Waals surface area contributed by atoms with E-state index in [2.05, 4.69) is 15.6 Å². The van der Waals surface area contributed by atoms with Gasteiger partial charge in [-0.2, -0.15) is 0 Å². The van der Waals surface area contributed by atoms with Crippen LogP contribution in [0.3, 0.4) is 0 Å². The largest absolute Gasteiger partial charge is 0.493 e. The van der Waals surface area contributed by atoms with Crippen molar-refractivity contribution in [3.8, 4) is 23.0 Å². The zero-order valence-corrected chi connectivity index (χ0v) is 20.0. The molecule has 8 heteroatoms. The number of pyridine rings is 1. The number of hydrogen-bond donors (Lipinski definition) is 2. The maximum absolute atomic E-state index is 13.1. The summed E-state index contributed by atoms with van der Waals surface area (Å²) in [6.45, 7) is 0.495. The van der Waals surface area contributed by atoms with Gasteiger partial charge in [-0.05, 0) is 73.5 Å². The van der Waals surface area contributed by atoms with Gasteiger partial charge in [-0.15, -0.1) is 0 Å². The molecule has 1 aliphatic carbocycles. The van der Waals surface area contributed by atoms with Gasteiger partial charge in [0.15, 0.2) is 11.5 Å². The number of anilines is 2. The summed E-state index contributed by atoms with van der Waals surface area (Å²) < 4.78 is 30.0. The second-order valence-corrected chi connectivity index (χ2v) is 8.75. The fraction of sp³-hybridized carbons (Fsp3) is 0.214. The maximum atomic E-state index is 13.1. The summed E-state index contributed by atoms with van der Waals surface area (Å²) in [5.74, 6) is 2.10. The summed E-state index contributed by atoms with van der Waals surface area (Å²) in [6, 6.07) is 18.8. The molecular weight excluding hydrogens is 461 g/mol. The van der Waals surface area contributed by atoms with Gasteiger partial charge in [-0.3, -0.25) is 9.78 Å². The molecule has 5 rings (SSSR count). The molecule has 184 valence electrons. The number of aromatic nitrogens is 1. The van der Waals surface area contributed by atoms with Crippen molar-refractivity contribution in [3.63, 3.8) is 0 Å². The predicted octanol–water partition coefficient (Wildman–Crippen LogP) is 6.01. The first-order chi connectivity index (χ1) is 17.5. The molecule has 3 aromatic carbocycles. The van der Waals surface area contributed by atoms with Crippen molar-refractivity contribution in [1.29, 1.82) is 0 Å². The molecule has 2 N–H and O–H groups in total. The van der Waals surface area contributed by atoms with E-state index in [1.165, 1.54) is 12.1 Å². The van der Waals surface area contributed by atoms with Crippen molar-refractivity contribution < 1.29 is 23.4 Å². The van der Waals surface area contributed by atoms with Gasteiger partial charge in [0, 0.05) is 35.6 Å². The Morgan fingerprint density at radius 3 is 2.25 bits per heavy atom. The minimum Gasteiger partial charge on any atom is -0.493 e. The SMILES string of the molecule is COc1cc2nccc(Oc3ccc(NC(=O)C4(CNc5ccc(F)cc5)CC4)cc3)c2cc1OC. The monoisotopic (exact) mass is 487 g/mol. The maximum Gasteiger partial charge on any atom is 0.232 e. The lowest BCUT2D eigenvalue weighted by molar-refractivity contribution is -0.120. The van der Waals surface area contributed by atoms with Crippen molar-refractivity contribution in [1.82, 2.24) is 4.98 Å². The van der Waals surface area contributed by atoms with E-state index in [9.17, 15) is 9.18 Å². The highest BCUT2D eigenvalue weighted by Crippen LogP contribution is 2.46. The van der Waals surface area contributed by atoms with E-state index >= 15 is 0 Å². The molecule has 0 unspecified atom stereocenters. The third-order valence-corrected chi connectivity index (χ3v) is 6.36. The van der Waals surface area contributed by atoms with E-state index in [1.807, 2.05) is 18.2 Å². The average molecular weight is 488 g/mol. The van der Waals surface area contributed by atoms with Crippen LogP contribution in [0.5, 0.6) is 23.0 Å². The highest BCUT2D eigenvalue weighted by molar-refractivity contribution is 5.97. The predicted molar refractivity (Wildman–Crippen MR) is 137 cm³/mol. The molecular formula is C28H26FN3O4. The molecule has 1 aliphatic rings. The third-order valence-electron chi connectivity index (χ3n) is 6.36. The molecule has 36 heavy (non-hydrogen) atoms. The highest BCUT2D eigenvalue weighted by Gasteiger charge is 2.49. The number of amides is 1. The number of halogens is 1. The number of carbonyl (C=O) groups is 1. The Bertz CT molecular complexity index is 1390. The van der Waals surface area contributed by atoms with Gasteiger partial charge in [0.2, 0.25) is 5.91 Å². The Morgan fingerprint density at radius 2 is 1.58 bits per heavy atom. The lowest BCUT2D eigenvalue weighted by Gasteiger charge is -2.17. The summed E-state index contributed by atoms with van der Waals surface area (Å²) in [7, 11) is 3.16. The summed E-state index contributed by atoms with van der Waals surface area (Å²) >= 11 is 0. The highest BCUT2D eigenvalue weighted by atomic mass is 19.1. The van der Waals surface area contributed by atoms with Gasteiger partial charge < -0.3 is 24.8 Å². The standard InChI is InChI=1S/C28H26FN3O4/c1-34-25-15-22-23(16-26(25)35-2)30-14-11-24(22)36-21-9-7-20(8-10-21)32-27(33)28(12-13-28)17-31-19-5-3-18(29)4-6-19/h3-11,14-16,31H,12-13,17H2,1-2H3,(H,32,33). The van der Waals surface area contributed by atoms with Gasteiger partial charge in [0.25, 0.3) is 0 Å². The topological polar surface area (TPSA) is 81.7 Å². The van der Waals surface area contributed by atoms with Gasteiger partial charge in [0.1, 0.15) is 17.3 Å². The second-order valence-electron chi connectivity index (χ2n) is 8.75. The van der Waals surface area contributed by atoms with Gasteiger partial charge in [-0.1, -0.05) is 0 Å². The van der Waals surface area contributed by atoms with Crippen molar-refractivity contribution in [2.75, 3.05) is 31.4 Å². The van der Waals surface area contributed by atoms with Crippen LogP contribution in [0, 0.1) is 11.2 Å². The molecule has 1 saturated carbocycles. The number of fused-ring (bicyclic) bond motifs is 1. The number of carbonyl (C=O) groups excluding carboxylic acids is 1. The summed E-state index contributed by atoms with van der Waals surface area (Å²) in [6.07, 6.45) is 3.28. The van der Waals surface area contributed by atoms with Gasteiger partial charge in [-0.25, -0.2) is 4.39 Å². The fourth-order valence-corrected chi connectivity index (χ4v) is 4.01. The first-order valence-electron chi connectivity index (χ1n) is 11.6. The molecule has 0 bridgehead atoms. The first kappa shape index (κ1) is 23.4. The summed E-state index contributed by atoms with van der Waals surface area (Å²) in [4.78, 5) is 17.3. The van der Waals surface area contributed by atoms with Crippen LogP contribution in [-0.4, -0.2) is 31.7 Å². The van der Waals surface area contributed by atoms with E-state index < -0.39 is 5.41 Å². The number of methoxy groups -OCH3 is 2. The van der Waals surface area contributed by atoms with E-state index in [-0.39, 0.29) is 11.7 Å². The molecule has 0 atom stereocenters. The molecule has 0 spiro atoms. The Labute approximate surface area is 208 Å². The van der Waals surface area contributed by atoms with Gasteiger partial charge in [0.05, 0.1) is 25.2 Å². The van der Waals surface area contributed by atoms with Crippen molar-refractivity contribution in [2.24, 2.45) is 5.41 Å². The number of nitrogens with one attached hydrogen (secondary N) is 2. The minimum atomic E-state index is -0.459. The Morgan fingerprint density at radius 1 is 0.917 bits per heavy atom. The van der Waals surface area contributed by atoms with Crippen LogP contribution in [0.4, 0.5) is 15.8 Å². The number of nitrogens with zero attached hydrogens (tertiary/aromatic N) is 1. The zero-order chi connectivity index (χ0) is 25.1. The molecule has 7 nitrogen and oxygen atoms in total. The number of rotatable bonds is 9. The molecule has 1 aromatic heterocycles. The molecule has 1 fully saturated rings. The van der Waals surface area contributed by atoms with Crippen LogP contribution >= 0.6 is 0 Å². The quantitative estimate of drug-likeness (QED) is 0.301. The molecule has 0 saturated heterocycles. The second kappa shape index (κ2) is 9.73. The van der Waals surface area contributed by atoms with Crippen LogP contribution < -0.4 is 24.8 Å². The number of ether oxygens (including phenoxy) is 3. The van der Waals surface area contributed by atoms with Crippen LogP contribution in [0.15, 0.2) is 72.9 Å². The van der Waals surface area contributed by atoms with Crippen LogP contribution in [0.1, 0.15) is 12.8 Å². The number of hydrogen-bond acceptors (Lipinski definition) is 6. The Balaban J connectivity index is 1.24.